The number of rotatable bonds is 13. The molecule has 2 aromatic carbocycles. The largest absolute Gasteiger partial charge is 0.497 e. The van der Waals surface area contributed by atoms with Crippen LogP contribution in [0.15, 0.2) is 77.5 Å². The Bertz CT molecular complexity index is 1580. The standard InChI is InChI=1S/C30H31FN6O3/c1-39-22-7-4-6-21(18-22)13-17-37-27-10-3-2-9-24(27)35-28(37)11-15-32-16-12-29-36-26(20-40-29)30(38)34-19-25-23(31)8-5-14-33-25/h2-10,14,18,20,32H,11-13,15-17,19H2,1H3,(H,34,38). The fourth-order valence-corrected chi connectivity index (χ4v) is 4.49. The van der Waals surface area contributed by atoms with Gasteiger partial charge in [0.25, 0.3) is 5.91 Å². The molecule has 0 saturated heterocycles. The molecule has 0 unspecified atom stereocenters. The number of ether oxygens (including phenoxy) is 1. The van der Waals surface area contributed by atoms with Crippen LogP contribution in [-0.2, 0) is 32.4 Å². The molecule has 5 rings (SSSR count). The lowest BCUT2D eigenvalue weighted by atomic mass is 10.1. The number of carbonyl (C=O) groups is 1. The van der Waals surface area contributed by atoms with Crippen LogP contribution in [0.3, 0.4) is 0 Å². The van der Waals surface area contributed by atoms with Gasteiger partial charge in [-0.2, -0.15) is 0 Å². The molecule has 0 fully saturated rings. The zero-order valence-corrected chi connectivity index (χ0v) is 22.3. The van der Waals surface area contributed by atoms with Crippen LogP contribution >= 0.6 is 0 Å². The summed E-state index contributed by atoms with van der Waals surface area (Å²) < 4.78 is 26.8. The number of para-hydroxylation sites is 2. The Hall–Kier alpha value is -4.57. The molecular weight excluding hydrogens is 511 g/mol. The van der Waals surface area contributed by atoms with E-state index in [1.54, 1.807) is 7.11 Å². The van der Waals surface area contributed by atoms with Crippen LogP contribution in [0.4, 0.5) is 4.39 Å². The number of amides is 1. The zero-order valence-electron chi connectivity index (χ0n) is 22.3. The summed E-state index contributed by atoms with van der Waals surface area (Å²) in [6.07, 6.45) is 4.94. The highest BCUT2D eigenvalue weighted by Gasteiger charge is 2.14. The van der Waals surface area contributed by atoms with Crippen molar-refractivity contribution in [3.05, 3.63) is 108 Å². The highest BCUT2D eigenvalue weighted by Crippen LogP contribution is 2.19. The molecule has 5 aromatic rings. The van der Waals surface area contributed by atoms with Gasteiger partial charge >= 0.3 is 0 Å². The lowest BCUT2D eigenvalue weighted by Gasteiger charge is -2.11. The maximum Gasteiger partial charge on any atom is 0.273 e. The van der Waals surface area contributed by atoms with Crippen molar-refractivity contribution in [2.45, 2.75) is 32.4 Å². The molecule has 0 bridgehead atoms. The number of benzene rings is 2. The monoisotopic (exact) mass is 542 g/mol. The first-order valence-corrected chi connectivity index (χ1v) is 13.2. The molecule has 3 heterocycles. The van der Waals surface area contributed by atoms with E-state index in [0.29, 0.717) is 18.9 Å². The number of halogens is 1. The van der Waals surface area contributed by atoms with E-state index in [-0.39, 0.29) is 17.9 Å². The maximum absolute atomic E-state index is 13.7. The molecule has 0 aliphatic rings. The van der Waals surface area contributed by atoms with Crippen molar-refractivity contribution in [3.8, 4) is 5.75 Å². The van der Waals surface area contributed by atoms with Crippen LogP contribution in [0.1, 0.15) is 33.5 Å². The minimum absolute atomic E-state index is 0.0282. The van der Waals surface area contributed by atoms with Crippen LogP contribution in [0, 0.1) is 5.82 Å². The van der Waals surface area contributed by atoms with Crippen molar-refractivity contribution < 1.29 is 18.3 Å². The smallest absolute Gasteiger partial charge is 0.273 e. The number of pyridine rings is 1. The number of nitrogens with one attached hydrogen (secondary N) is 2. The Morgan fingerprint density at radius 1 is 1.02 bits per heavy atom. The van der Waals surface area contributed by atoms with Gasteiger partial charge in [-0.1, -0.05) is 24.3 Å². The van der Waals surface area contributed by atoms with Crippen LogP contribution in [0.25, 0.3) is 11.0 Å². The first-order valence-electron chi connectivity index (χ1n) is 13.2. The van der Waals surface area contributed by atoms with Gasteiger partial charge in [-0.05, 0) is 48.4 Å². The third kappa shape index (κ3) is 6.70. The zero-order chi connectivity index (χ0) is 27.7. The normalized spacial score (nSPS) is 11.2. The second kappa shape index (κ2) is 13.0. The van der Waals surface area contributed by atoms with E-state index in [1.165, 1.54) is 30.2 Å². The van der Waals surface area contributed by atoms with E-state index >= 15 is 0 Å². The second-order valence-corrected chi connectivity index (χ2v) is 9.26. The molecule has 0 radical (unpaired) electrons. The number of nitrogens with zero attached hydrogens (tertiary/aromatic N) is 4. The fraction of sp³-hybridized carbons (Fsp3) is 0.267. The molecule has 0 aliphatic heterocycles. The van der Waals surface area contributed by atoms with Gasteiger partial charge in [0, 0.05) is 38.7 Å². The first kappa shape index (κ1) is 27.0. The summed E-state index contributed by atoms with van der Waals surface area (Å²) in [7, 11) is 1.68. The molecule has 40 heavy (non-hydrogen) atoms. The molecule has 206 valence electrons. The Morgan fingerprint density at radius 3 is 2.77 bits per heavy atom. The number of carbonyl (C=O) groups excluding carboxylic acids is 1. The predicted molar refractivity (Wildman–Crippen MR) is 149 cm³/mol. The number of oxazole rings is 1. The van der Waals surface area contributed by atoms with Crippen molar-refractivity contribution in [3.63, 3.8) is 0 Å². The van der Waals surface area contributed by atoms with Crippen molar-refractivity contribution in [2.24, 2.45) is 0 Å². The van der Waals surface area contributed by atoms with Crippen molar-refractivity contribution in [2.75, 3.05) is 20.2 Å². The number of hydrogen-bond donors (Lipinski definition) is 2. The van der Waals surface area contributed by atoms with Gasteiger partial charge in [0.15, 0.2) is 11.6 Å². The summed E-state index contributed by atoms with van der Waals surface area (Å²) in [4.78, 5) is 25.4. The van der Waals surface area contributed by atoms with E-state index in [4.69, 9.17) is 14.1 Å². The van der Waals surface area contributed by atoms with Crippen molar-refractivity contribution in [1.29, 1.82) is 0 Å². The molecule has 0 atom stereocenters. The number of aryl methyl sites for hydroxylation is 2. The molecule has 0 aliphatic carbocycles. The Labute approximate surface area is 231 Å². The van der Waals surface area contributed by atoms with Gasteiger partial charge in [-0.25, -0.2) is 14.4 Å². The summed E-state index contributed by atoms with van der Waals surface area (Å²) in [6.45, 7) is 2.15. The number of fused-ring (bicyclic) bond motifs is 1. The van der Waals surface area contributed by atoms with E-state index in [9.17, 15) is 9.18 Å². The number of methoxy groups -OCH3 is 1. The highest BCUT2D eigenvalue weighted by molar-refractivity contribution is 5.91. The average Bonchev–Trinajstić information content (AvgIpc) is 3.60. The number of hydrogen-bond acceptors (Lipinski definition) is 7. The van der Waals surface area contributed by atoms with Crippen LogP contribution in [0.5, 0.6) is 5.75 Å². The Kier molecular flexibility index (Phi) is 8.77. The maximum atomic E-state index is 13.7. The Balaban J connectivity index is 1.11. The average molecular weight is 543 g/mol. The van der Waals surface area contributed by atoms with Gasteiger partial charge in [0.2, 0.25) is 0 Å². The SMILES string of the molecule is COc1cccc(CCn2c(CCNCCc3nc(C(=O)NCc4ncccc4F)co3)nc3ccccc32)c1. The molecule has 2 N–H and O–H groups in total. The van der Waals surface area contributed by atoms with Gasteiger partial charge in [0.1, 0.15) is 23.7 Å². The van der Waals surface area contributed by atoms with Crippen molar-refractivity contribution >= 4 is 16.9 Å². The molecular formula is C30H31FN6O3. The molecule has 0 saturated carbocycles. The van der Waals surface area contributed by atoms with E-state index in [0.717, 1.165) is 48.5 Å². The topological polar surface area (TPSA) is 107 Å². The minimum Gasteiger partial charge on any atom is -0.497 e. The summed E-state index contributed by atoms with van der Waals surface area (Å²) in [6, 6.07) is 19.1. The third-order valence-corrected chi connectivity index (χ3v) is 6.57. The van der Waals surface area contributed by atoms with Gasteiger partial charge in [0.05, 0.1) is 30.4 Å². The quantitative estimate of drug-likeness (QED) is 0.216. The number of imidazole rings is 1. The first-order chi connectivity index (χ1) is 19.6. The molecule has 3 aromatic heterocycles. The second-order valence-electron chi connectivity index (χ2n) is 9.26. The summed E-state index contributed by atoms with van der Waals surface area (Å²) in [5.74, 6) is 1.42. The molecule has 10 heteroatoms. The highest BCUT2D eigenvalue weighted by atomic mass is 19.1. The van der Waals surface area contributed by atoms with Gasteiger partial charge in [-0.3, -0.25) is 9.78 Å². The molecule has 1 amide bonds. The lowest BCUT2D eigenvalue weighted by molar-refractivity contribution is 0.0945. The van der Waals surface area contributed by atoms with Gasteiger partial charge in [-0.15, -0.1) is 0 Å². The number of aromatic nitrogens is 4. The predicted octanol–water partition coefficient (Wildman–Crippen LogP) is 4.11. The lowest BCUT2D eigenvalue weighted by Crippen LogP contribution is -2.24. The van der Waals surface area contributed by atoms with Gasteiger partial charge < -0.3 is 24.4 Å². The van der Waals surface area contributed by atoms with E-state index < -0.39 is 11.7 Å². The summed E-state index contributed by atoms with van der Waals surface area (Å²) in [5, 5.41) is 6.03. The van der Waals surface area contributed by atoms with Crippen molar-refractivity contribution in [1.82, 2.24) is 30.2 Å². The van der Waals surface area contributed by atoms with Crippen LogP contribution < -0.4 is 15.4 Å². The van der Waals surface area contributed by atoms with E-state index in [1.807, 2.05) is 30.3 Å². The Morgan fingerprint density at radius 2 is 1.90 bits per heavy atom. The molecule has 0 spiro atoms. The minimum atomic E-state index is -0.470. The van der Waals surface area contributed by atoms with Crippen LogP contribution in [-0.4, -0.2) is 45.6 Å². The van der Waals surface area contributed by atoms with E-state index in [2.05, 4.69) is 43.4 Å². The third-order valence-electron chi connectivity index (χ3n) is 6.57. The summed E-state index contributed by atoms with van der Waals surface area (Å²) >= 11 is 0. The van der Waals surface area contributed by atoms with Crippen LogP contribution in [0.2, 0.25) is 0 Å². The summed E-state index contributed by atoms with van der Waals surface area (Å²) in [5.41, 5.74) is 3.63. The fourth-order valence-electron chi connectivity index (χ4n) is 4.49. The molecule has 9 nitrogen and oxygen atoms in total.